The SMILES string of the molecule is CCCCC/C=C\C/C=C\CCCCCCCCCCCC(=O)OC(COC(=O)CCCCCCCCCCCCCCC/C=C\C/C=C\CCCCCCC)COC(=O)CCCCCCCCCCCCCCCCCCCC. The molecule has 0 N–H and O–H groups in total. The first-order valence-electron chi connectivity index (χ1n) is 35.6. The number of ether oxygens (including phenoxy) is 3. The summed E-state index contributed by atoms with van der Waals surface area (Å²) < 4.78 is 17.0. The first-order valence-corrected chi connectivity index (χ1v) is 35.6. The summed E-state index contributed by atoms with van der Waals surface area (Å²) in [5.74, 6) is -0.847. The second-order valence-corrected chi connectivity index (χ2v) is 24.1. The molecule has 0 fully saturated rings. The summed E-state index contributed by atoms with van der Waals surface area (Å²) in [5.41, 5.74) is 0. The lowest BCUT2D eigenvalue weighted by Gasteiger charge is -2.18. The second-order valence-electron chi connectivity index (χ2n) is 24.1. The van der Waals surface area contributed by atoms with Gasteiger partial charge in [-0.15, -0.1) is 0 Å². The lowest BCUT2D eigenvalue weighted by molar-refractivity contribution is -0.167. The van der Waals surface area contributed by atoms with Crippen molar-refractivity contribution >= 4 is 17.9 Å². The van der Waals surface area contributed by atoms with Gasteiger partial charge in [0.2, 0.25) is 0 Å². The van der Waals surface area contributed by atoms with Gasteiger partial charge in [-0.2, -0.15) is 0 Å². The number of rotatable bonds is 66. The third kappa shape index (κ3) is 66.2. The van der Waals surface area contributed by atoms with Gasteiger partial charge in [-0.1, -0.05) is 333 Å². The summed E-state index contributed by atoms with van der Waals surface area (Å²) in [6, 6.07) is 0. The van der Waals surface area contributed by atoms with Gasteiger partial charge in [-0.05, 0) is 83.5 Å². The van der Waals surface area contributed by atoms with E-state index in [1.165, 1.54) is 276 Å². The molecule has 1 atom stereocenters. The predicted molar refractivity (Wildman–Crippen MR) is 349 cm³/mol. The van der Waals surface area contributed by atoms with E-state index in [2.05, 4.69) is 69.4 Å². The molecule has 0 aromatic rings. The molecule has 0 saturated heterocycles. The molecule has 0 heterocycles. The number of hydrogen-bond acceptors (Lipinski definition) is 6. The fraction of sp³-hybridized carbons (Fsp3) is 0.851. The molecule has 0 aromatic carbocycles. The third-order valence-electron chi connectivity index (χ3n) is 16.1. The van der Waals surface area contributed by atoms with Crippen molar-refractivity contribution in [2.45, 2.75) is 393 Å². The zero-order valence-corrected chi connectivity index (χ0v) is 53.9. The Balaban J connectivity index is 4.30. The van der Waals surface area contributed by atoms with Crippen molar-refractivity contribution in [1.29, 1.82) is 0 Å². The number of carbonyl (C=O) groups is 3. The maximum atomic E-state index is 13.0. The van der Waals surface area contributed by atoms with Crippen LogP contribution in [0.4, 0.5) is 0 Å². The Bertz CT molecular complexity index is 1380. The smallest absolute Gasteiger partial charge is 0.306 e. The van der Waals surface area contributed by atoms with E-state index in [1.54, 1.807) is 0 Å². The zero-order valence-electron chi connectivity index (χ0n) is 53.9. The molecule has 0 amide bonds. The molecule has 6 nitrogen and oxygen atoms in total. The third-order valence-corrected chi connectivity index (χ3v) is 16.1. The number of unbranched alkanes of at least 4 members (excludes halogenated alkanes) is 47. The van der Waals surface area contributed by atoms with Crippen LogP contribution in [0.25, 0.3) is 0 Å². The average molecular weight is 1120 g/mol. The Labute approximate surface area is 498 Å². The summed E-state index contributed by atoms with van der Waals surface area (Å²) in [4.78, 5) is 38.5. The van der Waals surface area contributed by atoms with Gasteiger partial charge in [0, 0.05) is 19.3 Å². The highest BCUT2D eigenvalue weighted by Gasteiger charge is 2.19. The highest BCUT2D eigenvalue weighted by molar-refractivity contribution is 5.71. The second kappa shape index (κ2) is 68.9. The Hall–Kier alpha value is -2.63. The Morgan fingerprint density at radius 2 is 0.450 bits per heavy atom. The molecule has 0 aliphatic rings. The van der Waals surface area contributed by atoms with E-state index in [4.69, 9.17) is 14.2 Å². The zero-order chi connectivity index (χ0) is 57.8. The van der Waals surface area contributed by atoms with Gasteiger partial charge in [-0.3, -0.25) is 14.4 Å². The van der Waals surface area contributed by atoms with E-state index < -0.39 is 6.10 Å². The fourth-order valence-corrected chi connectivity index (χ4v) is 10.7. The van der Waals surface area contributed by atoms with E-state index in [9.17, 15) is 14.4 Å². The Morgan fingerprint density at radius 3 is 0.713 bits per heavy atom. The average Bonchev–Trinajstić information content (AvgIpc) is 3.46. The van der Waals surface area contributed by atoms with Crippen LogP contribution >= 0.6 is 0 Å². The topological polar surface area (TPSA) is 78.9 Å². The molecule has 468 valence electrons. The highest BCUT2D eigenvalue weighted by Crippen LogP contribution is 2.18. The minimum absolute atomic E-state index is 0.0701. The van der Waals surface area contributed by atoms with E-state index in [0.717, 1.165) is 70.6 Å². The van der Waals surface area contributed by atoms with Crippen LogP contribution in [-0.4, -0.2) is 37.2 Å². The number of esters is 3. The molecule has 6 heteroatoms. The summed E-state index contributed by atoms with van der Waals surface area (Å²) in [7, 11) is 0. The predicted octanol–water partition coefficient (Wildman–Crippen LogP) is 24.5. The molecular formula is C74H136O6. The van der Waals surface area contributed by atoms with Gasteiger partial charge < -0.3 is 14.2 Å². The molecule has 0 saturated carbocycles. The summed E-state index contributed by atoms with van der Waals surface area (Å²) in [6.45, 7) is 6.68. The van der Waals surface area contributed by atoms with Crippen molar-refractivity contribution in [1.82, 2.24) is 0 Å². The number of carbonyl (C=O) groups excluding carboxylic acids is 3. The van der Waals surface area contributed by atoms with Gasteiger partial charge in [0.15, 0.2) is 6.10 Å². The van der Waals surface area contributed by atoms with Gasteiger partial charge in [0.05, 0.1) is 0 Å². The van der Waals surface area contributed by atoms with Crippen LogP contribution in [0.3, 0.4) is 0 Å². The van der Waals surface area contributed by atoms with Crippen molar-refractivity contribution in [3.63, 3.8) is 0 Å². The molecule has 80 heavy (non-hydrogen) atoms. The van der Waals surface area contributed by atoms with Crippen LogP contribution < -0.4 is 0 Å². The molecule has 0 rings (SSSR count). The minimum atomic E-state index is -0.775. The maximum Gasteiger partial charge on any atom is 0.306 e. The van der Waals surface area contributed by atoms with Crippen molar-refractivity contribution in [3.8, 4) is 0 Å². The molecule has 0 aliphatic heterocycles. The first kappa shape index (κ1) is 77.4. The highest BCUT2D eigenvalue weighted by atomic mass is 16.6. The summed E-state index contributed by atoms with van der Waals surface area (Å²) >= 11 is 0. The molecule has 1 unspecified atom stereocenters. The molecule has 0 aliphatic carbocycles. The van der Waals surface area contributed by atoms with Gasteiger partial charge in [0.25, 0.3) is 0 Å². The van der Waals surface area contributed by atoms with Crippen LogP contribution in [0.2, 0.25) is 0 Å². The maximum absolute atomic E-state index is 13.0. The Kier molecular flexibility index (Phi) is 66.6. The summed E-state index contributed by atoms with van der Waals surface area (Å²) in [5, 5.41) is 0. The van der Waals surface area contributed by atoms with E-state index in [-0.39, 0.29) is 31.1 Å². The fourth-order valence-electron chi connectivity index (χ4n) is 10.7. The molecule has 0 aromatic heterocycles. The lowest BCUT2D eigenvalue weighted by Crippen LogP contribution is -2.30. The van der Waals surface area contributed by atoms with Crippen LogP contribution in [-0.2, 0) is 28.6 Å². The lowest BCUT2D eigenvalue weighted by atomic mass is 10.0. The van der Waals surface area contributed by atoms with Crippen molar-refractivity contribution in [2.24, 2.45) is 0 Å². The van der Waals surface area contributed by atoms with Crippen LogP contribution in [0.5, 0.6) is 0 Å². The van der Waals surface area contributed by atoms with Crippen LogP contribution in [0.15, 0.2) is 48.6 Å². The van der Waals surface area contributed by atoms with Gasteiger partial charge in [0.1, 0.15) is 13.2 Å². The van der Waals surface area contributed by atoms with E-state index >= 15 is 0 Å². The Morgan fingerprint density at radius 1 is 0.250 bits per heavy atom. The van der Waals surface area contributed by atoms with Crippen molar-refractivity contribution in [2.75, 3.05) is 13.2 Å². The molecule has 0 bridgehead atoms. The van der Waals surface area contributed by atoms with E-state index in [0.29, 0.717) is 19.3 Å². The van der Waals surface area contributed by atoms with Gasteiger partial charge >= 0.3 is 17.9 Å². The normalized spacial score (nSPS) is 12.3. The monoisotopic (exact) mass is 1120 g/mol. The molecule has 0 spiro atoms. The first-order chi connectivity index (χ1) is 39.5. The van der Waals surface area contributed by atoms with Crippen molar-refractivity contribution < 1.29 is 28.6 Å². The quantitative estimate of drug-likeness (QED) is 0.0261. The number of allylic oxidation sites excluding steroid dienone is 8. The molecular weight excluding hydrogens is 985 g/mol. The molecule has 0 radical (unpaired) electrons. The van der Waals surface area contributed by atoms with Crippen molar-refractivity contribution in [3.05, 3.63) is 48.6 Å². The van der Waals surface area contributed by atoms with Crippen LogP contribution in [0.1, 0.15) is 387 Å². The summed E-state index contributed by atoms with van der Waals surface area (Å²) in [6.07, 6.45) is 87.0. The standard InChI is InChI=1S/C74H136O6/c1-4-7-10-13-16-19-22-25-28-31-34-35-36-37-38-39-41-43-46-49-52-55-58-61-64-67-73(76)79-70-71(69-78-72(75)66-63-60-57-54-51-48-45-42-33-30-27-24-21-18-15-12-9-6-3)80-74(77)68-65-62-59-56-53-50-47-44-40-32-29-26-23-20-17-14-11-8-5-2/h17,20,22,25-26,29,31,34,71H,4-16,18-19,21,23-24,27-28,30,32-33,35-70H2,1-3H3/b20-17-,25-22-,29-26-,34-31-. The largest absolute Gasteiger partial charge is 0.462 e. The number of hydrogen-bond donors (Lipinski definition) is 0. The van der Waals surface area contributed by atoms with E-state index in [1.807, 2.05) is 0 Å². The van der Waals surface area contributed by atoms with Gasteiger partial charge in [-0.25, -0.2) is 0 Å². The van der Waals surface area contributed by atoms with Crippen LogP contribution in [0, 0.1) is 0 Å². The minimum Gasteiger partial charge on any atom is -0.462 e.